The highest BCUT2D eigenvalue weighted by atomic mass is 35.5. The van der Waals surface area contributed by atoms with Crippen LogP contribution in [0.25, 0.3) is 0 Å². The predicted molar refractivity (Wildman–Crippen MR) is 56.5 cm³/mol. The average molecular weight is 266 g/mol. The number of hydrogen-bond acceptors (Lipinski definition) is 4. The van der Waals surface area contributed by atoms with Crippen molar-refractivity contribution in [3.05, 3.63) is 22.5 Å². The van der Waals surface area contributed by atoms with Gasteiger partial charge in [0.15, 0.2) is 5.75 Å². The highest BCUT2D eigenvalue weighted by Crippen LogP contribution is 2.35. The van der Waals surface area contributed by atoms with Gasteiger partial charge in [0.05, 0.1) is 36.9 Å². The Kier molecular flexibility index (Phi) is 4.62. The maximum Gasteiger partial charge on any atom is 0.311 e. The first-order valence-electron chi connectivity index (χ1n) is 4.57. The molecular weight excluding hydrogens is 256 g/mol. The maximum absolute atomic E-state index is 12.5. The summed E-state index contributed by atoms with van der Waals surface area (Å²) in [7, 11) is 2.48. The molecule has 0 radical (unpaired) electrons. The Balaban J connectivity index is 3.16. The highest BCUT2D eigenvalue weighted by molar-refractivity contribution is 6.33. The number of carbonyl (C=O) groups is 1. The third-order valence-electron chi connectivity index (χ3n) is 2.05. The van der Waals surface area contributed by atoms with Crippen molar-refractivity contribution < 1.29 is 23.0 Å². The van der Waals surface area contributed by atoms with Gasteiger partial charge in [0, 0.05) is 6.20 Å². The number of methoxy groups -OCH3 is 2. The molecule has 0 aliphatic heterocycles. The van der Waals surface area contributed by atoms with Gasteiger partial charge < -0.3 is 9.47 Å². The molecule has 0 spiro atoms. The number of ether oxygens (including phenoxy) is 2. The van der Waals surface area contributed by atoms with E-state index in [-0.39, 0.29) is 22.9 Å². The molecule has 0 aromatic carbocycles. The largest absolute Gasteiger partial charge is 0.493 e. The third kappa shape index (κ3) is 3.03. The Bertz CT molecular complexity index is 426. The van der Waals surface area contributed by atoms with E-state index in [1.54, 1.807) is 0 Å². The van der Waals surface area contributed by atoms with E-state index in [9.17, 15) is 13.6 Å². The summed E-state index contributed by atoms with van der Waals surface area (Å²) >= 11 is 5.74. The number of aromatic nitrogens is 1. The van der Waals surface area contributed by atoms with Gasteiger partial charge in [-0.15, -0.1) is 0 Å². The zero-order valence-corrected chi connectivity index (χ0v) is 9.92. The molecule has 0 fully saturated rings. The Morgan fingerprint density at radius 2 is 2.18 bits per heavy atom. The normalized spacial score (nSPS) is 10.5. The fourth-order valence-electron chi connectivity index (χ4n) is 1.21. The molecule has 0 bridgehead atoms. The number of rotatable bonds is 4. The van der Waals surface area contributed by atoms with Gasteiger partial charge in [-0.3, -0.25) is 9.78 Å². The lowest BCUT2D eigenvalue weighted by atomic mass is 10.2. The van der Waals surface area contributed by atoms with Gasteiger partial charge in [0.25, 0.3) is 6.43 Å². The topological polar surface area (TPSA) is 48.4 Å². The van der Waals surface area contributed by atoms with Crippen LogP contribution in [-0.2, 0) is 16.0 Å². The maximum atomic E-state index is 12.5. The molecule has 1 heterocycles. The molecule has 4 nitrogen and oxygen atoms in total. The van der Waals surface area contributed by atoms with Gasteiger partial charge in [0.2, 0.25) is 0 Å². The number of alkyl halides is 2. The van der Waals surface area contributed by atoms with Crippen LogP contribution in [0.3, 0.4) is 0 Å². The summed E-state index contributed by atoms with van der Waals surface area (Å²) in [5, 5.41) is -0.239. The fourth-order valence-corrected chi connectivity index (χ4v) is 1.53. The van der Waals surface area contributed by atoms with Crippen molar-refractivity contribution in [2.45, 2.75) is 12.8 Å². The number of hydrogen-bond donors (Lipinski definition) is 0. The van der Waals surface area contributed by atoms with E-state index in [0.717, 1.165) is 6.20 Å². The van der Waals surface area contributed by atoms with Crippen molar-refractivity contribution in [3.8, 4) is 5.75 Å². The molecule has 0 aliphatic rings. The van der Waals surface area contributed by atoms with Gasteiger partial charge in [0.1, 0.15) is 0 Å². The summed E-state index contributed by atoms with van der Waals surface area (Å²) in [4.78, 5) is 14.8. The SMILES string of the molecule is COC(=O)Cc1ncc(C(F)F)c(Cl)c1OC. The van der Waals surface area contributed by atoms with E-state index in [2.05, 4.69) is 9.72 Å². The standard InChI is InChI=1S/C10H10ClF2NO3/c1-16-7(15)3-6-9(17-2)8(11)5(4-14-6)10(12)13/h4,10H,3H2,1-2H3. The smallest absolute Gasteiger partial charge is 0.311 e. The van der Waals surface area contributed by atoms with Crippen molar-refractivity contribution in [1.29, 1.82) is 0 Å². The summed E-state index contributed by atoms with van der Waals surface area (Å²) in [5.41, 5.74) is -0.272. The molecule has 7 heteroatoms. The Labute approximate surface area is 101 Å². The van der Waals surface area contributed by atoms with Gasteiger partial charge in [-0.05, 0) is 0 Å². The zero-order chi connectivity index (χ0) is 13.0. The van der Waals surface area contributed by atoms with Crippen LogP contribution >= 0.6 is 11.6 Å². The van der Waals surface area contributed by atoms with Crippen molar-refractivity contribution >= 4 is 17.6 Å². The second-order valence-corrected chi connectivity index (χ2v) is 3.44. The van der Waals surface area contributed by atoms with Crippen molar-refractivity contribution in [1.82, 2.24) is 4.98 Å². The summed E-state index contributed by atoms with van der Waals surface area (Å²) in [6, 6.07) is 0. The minimum atomic E-state index is -2.75. The van der Waals surface area contributed by atoms with Crippen LogP contribution in [0.2, 0.25) is 5.02 Å². The molecule has 0 N–H and O–H groups in total. The van der Waals surface area contributed by atoms with E-state index in [4.69, 9.17) is 16.3 Å². The molecule has 1 aromatic heterocycles. The van der Waals surface area contributed by atoms with E-state index in [1.165, 1.54) is 14.2 Å². The summed E-state index contributed by atoms with van der Waals surface area (Å²) < 4.78 is 34.4. The highest BCUT2D eigenvalue weighted by Gasteiger charge is 2.21. The fraction of sp³-hybridized carbons (Fsp3) is 0.400. The van der Waals surface area contributed by atoms with Gasteiger partial charge >= 0.3 is 5.97 Å². The van der Waals surface area contributed by atoms with E-state index in [1.807, 2.05) is 0 Å². The summed E-state index contributed by atoms with van der Waals surface area (Å²) in [6.45, 7) is 0. The molecular formula is C10H10ClF2NO3. The predicted octanol–water partition coefficient (Wildman–Crippen LogP) is 2.40. The molecule has 0 saturated carbocycles. The minimum Gasteiger partial charge on any atom is -0.493 e. The molecule has 0 saturated heterocycles. The summed E-state index contributed by atoms with van der Waals surface area (Å²) in [6.07, 6.45) is -2.02. The Morgan fingerprint density at radius 1 is 1.53 bits per heavy atom. The van der Waals surface area contributed by atoms with Gasteiger partial charge in [-0.1, -0.05) is 11.6 Å². The molecule has 0 amide bonds. The summed E-state index contributed by atoms with van der Waals surface area (Å²) in [5.74, 6) is -0.591. The van der Waals surface area contributed by atoms with Crippen LogP contribution in [0.15, 0.2) is 6.20 Å². The number of halogens is 3. The first-order valence-corrected chi connectivity index (χ1v) is 4.95. The van der Waals surface area contributed by atoms with E-state index >= 15 is 0 Å². The zero-order valence-electron chi connectivity index (χ0n) is 9.17. The third-order valence-corrected chi connectivity index (χ3v) is 2.44. The molecule has 1 rings (SSSR count). The number of carbonyl (C=O) groups excluding carboxylic acids is 1. The van der Waals surface area contributed by atoms with Gasteiger partial charge in [-0.2, -0.15) is 0 Å². The first kappa shape index (κ1) is 13.6. The molecule has 0 atom stereocenters. The molecule has 94 valence electrons. The minimum absolute atomic E-state index is 0.0325. The first-order chi connectivity index (χ1) is 8.01. The van der Waals surface area contributed by atoms with Crippen LogP contribution in [0.5, 0.6) is 5.75 Å². The van der Waals surface area contributed by atoms with Gasteiger partial charge in [-0.25, -0.2) is 8.78 Å². The lowest BCUT2D eigenvalue weighted by Crippen LogP contribution is -2.09. The molecule has 1 aromatic rings. The van der Waals surface area contributed by atoms with Crippen LogP contribution in [0.1, 0.15) is 17.7 Å². The van der Waals surface area contributed by atoms with Crippen LogP contribution in [0.4, 0.5) is 8.78 Å². The van der Waals surface area contributed by atoms with E-state index < -0.39 is 18.0 Å². The molecule has 0 unspecified atom stereocenters. The second-order valence-electron chi connectivity index (χ2n) is 3.06. The van der Waals surface area contributed by atoms with Crippen LogP contribution in [-0.4, -0.2) is 25.2 Å². The second kappa shape index (κ2) is 5.77. The van der Waals surface area contributed by atoms with E-state index in [0.29, 0.717) is 0 Å². The Hall–Kier alpha value is -1.43. The lowest BCUT2D eigenvalue weighted by Gasteiger charge is -2.11. The number of pyridine rings is 1. The quantitative estimate of drug-likeness (QED) is 0.785. The molecule has 0 aliphatic carbocycles. The average Bonchev–Trinajstić information content (AvgIpc) is 2.28. The lowest BCUT2D eigenvalue weighted by molar-refractivity contribution is -0.139. The Morgan fingerprint density at radius 3 is 2.65 bits per heavy atom. The molecule has 17 heavy (non-hydrogen) atoms. The van der Waals surface area contributed by atoms with Crippen molar-refractivity contribution in [3.63, 3.8) is 0 Å². The number of nitrogens with zero attached hydrogens (tertiary/aromatic N) is 1. The van der Waals surface area contributed by atoms with Crippen LogP contribution < -0.4 is 4.74 Å². The van der Waals surface area contributed by atoms with Crippen molar-refractivity contribution in [2.24, 2.45) is 0 Å². The van der Waals surface area contributed by atoms with Crippen LogP contribution in [0, 0.1) is 0 Å². The monoisotopic (exact) mass is 265 g/mol. The number of esters is 1. The van der Waals surface area contributed by atoms with Crippen molar-refractivity contribution in [2.75, 3.05) is 14.2 Å².